The second-order valence-corrected chi connectivity index (χ2v) is 7.87. The van der Waals surface area contributed by atoms with Gasteiger partial charge in [0.15, 0.2) is 5.16 Å². The highest BCUT2D eigenvalue weighted by Crippen LogP contribution is 2.22. The highest BCUT2D eigenvalue weighted by Gasteiger charge is 2.18. The predicted molar refractivity (Wildman–Crippen MR) is 99.6 cm³/mol. The molecule has 0 saturated heterocycles. The Bertz CT molecular complexity index is 793. The average molecular weight is 347 g/mol. The van der Waals surface area contributed by atoms with Crippen LogP contribution in [0.3, 0.4) is 0 Å². The van der Waals surface area contributed by atoms with Crippen LogP contribution in [-0.4, -0.2) is 26.8 Å². The van der Waals surface area contributed by atoms with Crippen molar-refractivity contribution in [2.45, 2.75) is 57.8 Å². The summed E-state index contributed by atoms with van der Waals surface area (Å²) < 4.78 is 1.71. The first-order chi connectivity index (χ1) is 11.2. The summed E-state index contributed by atoms with van der Waals surface area (Å²) in [5, 5.41) is 4.14. The average Bonchev–Trinajstić information content (AvgIpc) is 2.51. The maximum absolute atomic E-state index is 12.8. The molecule has 0 spiro atoms. The zero-order valence-electron chi connectivity index (χ0n) is 14.9. The Labute approximate surface area is 146 Å². The van der Waals surface area contributed by atoms with Crippen LogP contribution in [0, 0.1) is 0 Å². The van der Waals surface area contributed by atoms with E-state index in [0.29, 0.717) is 16.1 Å². The van der Waals surface area contributed by atoms with Gasteiger partial charge in [0.1, 0.15) is 0 Å². The van der Waals surface area contributed by atoms with Gasteiger partial charge in [-0.15, -0.1) is 0 Å². The van der Waals surface area contributed by atoms with Crippen molar-refractivity contribution in [3.05, 3.63) is 34.6 Å². The molecule has 1 atom stereocenters. The lowest BCUT2D eigenvalue weighted by molar-refractivity contribution is -0.119. The molecule has 130 valence electrons. The second-order valence-electron chi connectivity index (χ2n) is 6.93. The molecule has 2 rings (SSSR count). The van der Waals surface area contributed by atoms with Crippen LogP contribution in [0.15, 0.2) is 34.2 Å². The SMILES string of the molecule is CC[C@@H](C)n1c(SCC(=O)NC(C)(C)C)nc2ccccc2c1=O. The molecule has 0 radical (unpaired) electrons. The number of hydrogen-bond acceptors (Lipinski definition) is 4. The number of carbonyl (C=O) groups is 1. The van der Waals surface area contributed by atoms with Gasteiger partial charge in [-0.2, -0.15) is 0 Å². The molecule has 0 aliphatic heterocycles. The van der Waals surface area contributed by atoms with Gasteiger partial charge >= 0.3 is 0 Å². The fraction of sp³-hybridized carbons (Fsp3) is 0.500. The van der Waals surface area contributed by atoms with Gasteiger partial charge in [0, 0.05) is 11.6 Å². The standard InChI is InChI=1S/C18H25N3O2S/c1-6-12(2)21-16(23)13-9-7-8-10-14(13)19-17(21)24-11-15(22)20-18(3,4)5/h7-10,12H,6,11H2,1-5H3,(H,20,22)/t12-/m1/s1. The van der Waals surface area contributed by atoms with Crippen LogP contribution < -0.4 is 10.9 Å². The Hall–Kier alpha value is -1.82. The third-order valence-electron chi connectivity index (χ3n) is 3.65. The third kappa shape index (κ3) is 4.38. The van der Waals surface area contributed by atoms with Gasteiger partial charge < -0.3 is 5.32 Å². The topological polar surface area (TPSA) is 64.0 Å². The number of rotatable bonds is 5. The first kappa shape index (κ1) is 18.5. The summed E-state index contributed by atoms with van der Waals surface area (Å²) >= 11 is 1.31. The molecule has 0 aliphatic carbocycles. The van der Waals surface area contributed by atoms with Crippen molar-refractivity contribution in [1.82, 2.24) is 14.9 Å². The Balaban J connectivity index is 2.37. The van der Waals surface area contributed by atoms with E-state index >= 15 is 0 Å². The summed E-state index contributed by atoms with van der Waals surface area (Å²) in [5.41, 5.74) is 0.347. The molecular formula is C18H25N3O2S. The maximum atomic E-state index is 12.8. The number of thioether (sulfide) groups is 1. The minimum absolute atomic E-state index is 0.0304. The summed E-state index contributed by atoms with van der Waals surface area (Å²) in [6.45, 7) is 9.86. The van der Waals surface area contributed by atoms with Crippen molar-refractivity contribution >= 4 is 28.6 Å². The van der Waals surface area contributed by atoms with Crippen LogP contribution in [0.1, 0.15) is 47.1 Å². The molecular weight excluding hydrogens is 322 g/mol. The largest absolute Gasteiger partial charge is 0.351 e. The zero-order valence-corrected chi connectivity index (χ0v) is 15.7. The number of fused-ring (bicyclic) bond motifs is 1. The van der Waals surface area contributed by atoms with Crippen molar-refractivity contribution < 1.29 is 4.79 Å². The molecule has 1 aromatic carbocycles. The zero-order chi connectivity index (χ0) is 17.9. The predicted octanol–water partition coefficient (Wildman–Crippen LogP) is 3.37. The number of nitrogens with one attached hydrogen (secondary N) is 1. The summed E-state index contributed by atoms with van der Waals surface area (Å²) in [5.74, 6) is 0.170. The third-order valence-corrected chi connectivity index (χ3v) is 4.61. The molecule has 0 unspecified atom stereocenters. The van der Waals surface area contributed by atoms with E-state index in [1.54, 1.807) is 10.6 Å². The molecule has 1 heterocycles. The smallest absolute Gasteiger partial charge is 0.262 e. The van der Waals surface area contributed by atoms with Crippen molar-refractivity contribution in [2.75, 3.05) is 5.75 Å². The number of aromatic nitrogens is 2. The maximum Gasteiger partial charge on any atom is 0.262 e. The van der Waals surface area contributed by atoms with Gasteiger partial charge in [0.2, 0.25) is 5.91 Å². The van der Waals surface area contributed by atoms with E-state index in [0.717, 1.165) is 6.42 Å². The van der Waals surface area contributed by atoms with Gasteiger partial charge in [-0.1, -0.05) is 30.8 Å². The van der Waals surface area contributed by atoms with Crippen LogP contribution in [0.25, 0.3) is 10.9 Å². The fourth-order valence-corrected chi connectivity index (χ4v) is 3.28. The molecule has 6 heteroatoms. The van der Waals surface area contributed by atoms with Gasteiger partial charge in [0.05, 0.1) is 16.7 Å². The van der Waals surface area contributed by atoms with Crippen LogP contribution in [-0.2, 0) is 4.79 Å². The van der Waals surface area contributed by atoms with Crippen molar-refractivity contribution in [1.29, 1.82) is 0 Å². The highest BCUT2D eigenvalue weighted by atomic mass is 32.2. The highest BCUT2D eigenvalue weighted by molar-refractivity contribution is 7.99. The van der Waals surface area contributed by atoms with E-state index in [1.807, 2.05) is 52.8 Å². The van der Waals surface area contributed by atoms with E-state index in [-0.39, 0.29) is 28.8 Å². The van der Waals surface area contributed by atoms with Gasteiger partial charge in [-0.05, 0) is 46.2 Å². The summed E-state index contributed by atoms with van der Waals surface area (Å²) in [7, 11) is 0. The number of para-hydroxylation sites is 1. The number of benzene rings is 1. The van der Waals surface area contributed by atoms with Crippen LogP contribution in [0.5, 0.6) is 0 Å². The van der Waals surface area contributed by atoms with E-state index in [1.165, 1.54) is 11.8 Å². The Morgan fingerprint density at radius 3 is 2.62 bits per heavy atom. The minimum atomic E-state index is -0.273. The number of carbonyl (C=O) groups excluding carboxylic acids is 1. The Morgan fingerprint density at radius 2 is 2.00 bits per heavy atom. The second kappa shape index (κ2) is 7.38. The fourth-order valence-electron chi connectivity index (χ4n) is 2.38. The number of hydrogen-bond donors (Lipinski definition) is 1. The van der Waals surface area contributed by atoms with E-state index < -0.39 is 0 Å². The van der Waals surface area contributed by atoms with Crippen molar-refractivity contribution in [3.63, 3.8) is 0 Å². The molecule has 1 aromatic heterocycles. The van der Waals surface area contributed by atoms with Crippen molar-refractivity contribution in [3.8, 4) is 0 Å². The monoisotopic (exact) mass is 347 g/mol. The van der Waals surface area contributed by atoms with E-state index in [4.69, 9.17) is 0 Å². The molecule has 0 saturated carbocycles. The molecule has 1 N–H and O–H groups in total. The van der Waals surface area contributed by atoms with Crippen LogP contribution in [0.2, 0.25) is 0 Å². The van der Waals surface area contributed by atoms with Crippen LogP contribution >= 0.6 is 11.8 Å². The summed E-state index contributed by atoms with van der Waals surface area (Å²) in [4.78, 5) is 29.5. The number of nitrogens with zero attached hydrogens (tertiary/aromatic N) is 2. The molecule has 0 aliphatic rings. The van der Waals surface area contributed by atoms with Gasteiger partial charge in [0.25, 0.3) is 5.56 Å². The normalized spacial score (nSPS) is 13.0. The molecule has 2 aromatic rings. The summed E-state index contributed by atoms with van der Waals surface area (Å²) in [6.07, 6.45) is 0.821. The lowest BCUT2D eigenvalue weighted by atomic mass is 10.1. The Morgan fingerprint density at radius 1 is 1.33 bits per heavy atom. The molecule has 24 heavy (non-hydrogen) atoms. The minimum Gasteiger partial charge on any atom is -0.351 e. The molecule has 1 amide bonds. The lowest BCUT2D eigenvalue weighted by Gasteiger charge is -2.21. The molecule has 0 bridgehead atoms. The van der Waals surface area contributed by atoms with E-state index in [9.17, 15) is 9.59 Å². The first-order valence-electron chi connectivity index (χ1n) is 8.18. The number of amides is 1. The first-order valence-corrected chi connectivity index (χ1v) is 9.16. The summed E-state index contributed by atoms with van der Waals surface area (Å²) in [6, 6.07) is 7.36. The van der Waals surface area contributed by atoms with Gasteiger partial charge in [-0.25, -0.2) is 4.98 Å². The van der Waals surface area contributed by atoms with Crippen LogP contribution in [0.4, 0.5) is 0 Å². The quantitative estimate of drug-likeness (QED) is 0.665. The van der Waals surface area contributed by atoms with E-state index in [2.05, 4.69) is 10.3 Å². The van der Waals surface area contributed by atoms with Gasteiger partial charge in [-0.3, -0.25) is 14.2 Å². The van der Waals surface area contributed by atoms with Crippen molar-refractivity contribution in [2.24, 2.45) is 0 Å². The Kier molecular flexibility index (Phi) is 5.70. The molecule has 5 nitrogen and oxygen atoms in total. The molecule has 0 fully saturated rings. The lowest BCUT2D eigenvalue weighted by Crippen LogP contribution is -2.41.